The average Bonchev–Trinajstić information content (AvgIpc) is 2.39. The molecule has 1 aromatic carbocycles. The summed E-state index contributed by atoms with van der Waals surface area (Å²) in [4.78, 5) is 10.1. The molecule has 86 valence electrons. The first-order valence-corrected chi connectivity index (χ1v) is 5.03. The number of aliphatic hydroxyl groups is 1. The van der Waals surface area contributed by atoms with E-state index in [2.05, 4.69) is 0 Å². The quantitative estimate of drug-likeness (QED) is 0.366. The second-order valence-electron chi connectivity index (χ2n) is 3.56. The van der Waals surface area contributed by atoms with Crippen molar-refractivity contribution in [3.05, 3.63) is 76.4 Å². The Hall–Kier alpha value is -2.49. The van der Waals surface area contributed by atoms with Crippen molar-refractivity contribution in [2.75, 3.05) is 0 Å². The number of nitro benzene ring substituents is 1. The summed E-state index contributed by atoms with van der Waals surface area (Å²) in [7, 11) is 0. The lowest BCUT2D eigenvalue weighted by Gasteiger charge is -2.15. The fourth-order valence-corrected chi connectivity index (χ4v) is 1.54. The van der Waals surface area contributed by atoms with Gasteiger partial charge < -0.3 is 5.11 Å². The molecule has 0 amide bonds. The Balaban J connectivity index is 2.22. The SMILES string of the molecule is O=[N+]([O-])c1ccc(C2=C[CH-]/C(=C\O)C=C2)cc1. The van der Waals surface area contributed by atoms with Crippen LogP contribution in [0.15, 0.2) is 54.3 Å². The van der Waals surface area contributed by atoms with E-state index in [9.17, 15) is 10.1 Å². The smallest absolute Gasteiger partial charge is 0.269 e. The molecule has 0 saturated heterocycles. The van der Waals surface area contributed by atoms with E-state index in [1.807, 2.05) is 12.2 Å². The third-order valence-electron chi connectivity index (χ3n) is 2.47. The summed E-state index contributed by atoms with van der Waals surface area (Å²) in [6.45, 7) is 0. The molecule has 0 bridgehead atoms. The van der Waals surface area contributed by atoms with Gasteiger partial charge in [0.15, 0.2) is 0 Å². The summed E-state index contributed by atoms with van der Waals surface area (Å²) in [5.74, 6) is 0. The van der Waals surface area contributed by atoms with Crippen molar-refractivity contribution >= 4 is 11.3 Å². The highest BCUT2D eigenvalue weighted by atomic mass is 16.6. The largest absolute Gasteiger partial charge is 0.558 e. The van der Waals surface area contributed by atoms with Crippen molar-refractivity contribution in [1.29, 1.82) is 0 Å². The van der Waals surface area contributed by atoms with Gasteiger partial charge in [0.25, 0.3) is 5.69 Å². The molecule has 0 fully saturated rings. The highest BCUT2D eigenvalue weighted by Gasteiger charge is 2.04. The fraction of sp³-hybridized carbons (Fsp3) is 0. The number of non-ortho nitro benzene ring substituents is 1. The molecule has 0 aromatic heterocycles. The maximum Gasteiger partial charge on any atom is 0.269 e. The number of allylic oxidation sites excluding steroid dienone is 5. The van der Waals surface area contributed by atoms with Crippen LogP contribution >= 0.6 is 0 Å². The van der Waals surface area contributed by atoms with E-state index < -0.39 is 4.92 Å². The van der Waals surface area contributed by atoms with Gasteiger partial charge in [-0.1, -0.05) is 23.3 Å². The number of aliphatic hydroxyl groups excluding tert-OH is 1. The first-order chi connectivity index (χ1) is 8.20. The van der Waals surface area contributed by atoms with Gasteiger partial charge in [0, 0.05) is 18.4 Å². The molecular weight excluding hydrogens is 218 g/mol. The maximum absolute atomic E-state index is 10.5. The van der Waals surface area contributed by atoms with Crippen molar-refractivity contribution in [2.45, 2.75) is 0 Å². The Morgan fingerprint density at radius 1 is 1.24 bits per heavy atom. The van der Waals surface area contributed by atoms with E-state index in [0.29, 0.717) is 0 Å². The number of hydrogen-bond donors (Lipinski definition) is 1. The van der Waals surface area contributed by atoms with Gasteiger partial charge in [-0.05, 0) is 0 Å². The summed E-state index contributed by atoms with van der Waals surface area (Å²) in [5.41, 5.74) is 2.65. The molecule has 2 rings (SSSR count). The Kier molecular flexibility index (Phi) is 2.96. The fourth-order valence-electron chi connectivity index (χ4n) is 1.54. The van der Waals surface area contributed by atoms with Gasteiger partial charge in [-0.15, -0.1) is 30.2 Å². The Bertz CT molecular complexity index is 524. The normalized spacial score (nSPS) is 16.5. The molecule has 1 N–H and O–H groups in total. The summed E-state index contributed by atoms with van der Waals surface area (Å²) in [6.07, 6.45) is 8.28. The minimum atomic E-state index is -0.423. The van der Waals surface area contributed by atoms with Gasteiger partial charge >= 0.3 is 0 Å². The predicted molar refractivity (Wildman–Crippen MR) is 65.2 cm³/mol. The highest BCUT2D eigenvalue weighted by Crippen LogP contribution is 2.24. The zero-order valence-electron chi connectivity index (χ0n) is 8.91. The van der Waals surface area contributed by atoms with E-state index in [1.54, 1.807) is 24.6 Å². The van der Waals surface area contributed by atoms with Crippen LogP contribution in [0, 0.1) is 16.5 Å². The van der Waals surface area contributed by atoms with E-state index in [1.165, 1.54) is 12.1 Å². The Morgan fingerprint density at radius 2 is 1.94 bits per heavy atom. The zero-order valence-corrected chi connectivity index (χ0v) is 8.91. The molecule has 0 saturated carbocycles. The zero-order chi connectivity index (χ0) is 12.3. The predicted octanol–water partition coefficient (Wildman–Crippen LogP) is 3.19. The molecular formula is C13H10NO3-. The molecule has 4 nitrogen and oxygen atoms in total. The average molecular weight is 228 g/mol. The van der Waals surface area contributed by atoms with Crippen LogP contribution < -0.4 is 0 Å². The molecule has 1 aliphatic carbocycles. The summed E-state index contributed by atoms with van der Waals surface area (Å²) >= 11 is 0. The third kappa shape index (κ3) is 2.36. The lowest BCUT2D eigenvalue weighted by Crippen LogP contribution is -1.91. The minimum absolute atomic E-state index is 0.0778. The molecule has 4 heteroatoms. The van der Waals surface area contributed by atoms with Crippen LogP contribution in [0.3, 0.4) is 0 Å². The molecule has 0 spiro atoms. The second kappa shape index (κ2) is 4.57. The van der Waals surface area contributed by atoms with E-state index in [0.717, 1.165) is 23.0 Å². The van der Waals surface area contributed by atoms with Gasteiger partial charge in [0.1, 0.15) is 0 Å². The van der Waals surface area contributed by atoms with Gasteiger partial charge in [-0.2, -0.15) is 0 Å². The number of hydrogen-bond acceptors (Lipinski definition) is 3. The number of nitrogens with zero attached hydrogens (tertiary/aromatic N) is 1. The topological polar surface area (TPSA) is 63.4 Å². The molecule has 0 unspecified atom stereocenters. The van der Waals surface area contributed by atoms with Crippen molar-refractivity contribution in [1.82, 2.24) is 0 Å². The first-order valence-electron chi connectivity index (χ1n) is 5.03. The van der Waals surface area contributed by atoms with Gasteiger partial charge in [-0.25, -0.2) is 0 Å². The summed E-state index contributed by atoms with van der Waals surface area (Å²) in [6, 6.07) is 6.36. The molecule has 1 aromatic rings. The monoisotopic (exact) mass is 228 g/mol. The molecule has 17 heavy (non-hydrogen) atoms. The lowest BCUT2D eigenvalue weighted by atomic mass is 9.97. The molecule has 0 radical (unpaired) electrons. The minimum Gasteiger partial charge on any atom is -0.558 e. The number of rotatable bonds is 2. The van der Waals surface area contributed by atoms with Crippen molar-refractivity contribution < 1.29 is 10.0 Å². The van der Waals surface area contributed by atoms with Crippen molar-refractivity contribution in [3.63, 3.8) is 0 Å². The maximum atomic E-state index is 10.5. The molecule has 0 atom stereocenters. The van der Waals surface area contributed by atoms with Crippen LogP contribution in [0.5, 0.6) is 0 Å². The Morgan fingerprint density at radius 3 is 2.41 bits per heavy atom. The van der Waals surface area contributed by atoms with Crippen molar-refractivity contribution in [3.8, 4) is 0 Å². The van der Waals surface area contributed by atoms with Gasteiger partial charge in [0.2, 0.25) is 0 Å². The first kappa shape index (κ1) is 11.0. The number of nitro groups is 1. The lowest BCUT2D eigenvalue weighted by molar-refractivity contribution is -0.384. The summed E-state index contributed by atoms with van der Waals surface area (Å²) in [5, 5.41) is 19.3. The van der Waals surface area contributed by atoms with Crippen LogP contribution in [-0.2, 0) is 0 Å². The molecule has 0 aliphatic heterocycles. The van der Waals surface area contributed by atoms with Crippen molar-refractivity contribution in [2.24, 2.45) is 0 Å². The van der Waals surface area contributed by atoms with Crippen LogP contribution in [0.25, 0.3) is 5.57 Å². The van der Waals surface area contributed by atoms with E-state index in [4.69, 9.17) is 5.11 Å². The third-order valence-corrected chi connectivity index (χ3v) is 2.47. The second-order valence-corrected chi connectivity index (χ2v) is 3.56. The van der Waals surface area contributed by atoms with Gasteiger partial charge in [0.05, 0.1) is 4.92 Å². The van der Waals surface area contributed by atoms with Crippen LogP contribution in [0.2, 0.25) is 0 Å². The standard InChI is InChI=1S/C13H10NO3/c15-9-10-1-3-11(4-2-10)12-5-7-13(8-6-12)14(16)17/h1-9,15H/q-1. The van der Waals surface area contributed by atoms with Crippen LogP contribution in [0.4, 0.5) is 5.69 Å². The highest BCUT2D eigenvalue weighted by molar-refractivity contribution is 5.78. The molecule has 1 aliphatic rings. The number of benzene rings is 1. The van der Waals surface area contributed by atoms with E-state index >= 15 is 0 Å². The van der Waals surface area contributed by atoms with Gasteiger partial charge in [-0.3, -0.25) is 10.1 Å². The van der Waals surface area contributed by atoms with Crippen LogP contribution in [-0.4, -0.2) is 10.0 Å². The van der Waals surface area contributed by atoms with E-state index in [-0.39, 0.29) is 5.69 Å². The molecule has 0 heterocycles. The Labute approximate surface area is 98.4 Å². The summed E-state index contributed by atoms with van der Waals surface area (Å²) < 4.78 is 0. The van der Waals surface area contributed by atoms with Crippen LogP contribution in [0.1, 0.15) is 5.56 Å².